The molecule has 1 saturated heterocycles. The third kappa shape index (κ3) is 2.99. The van der Waals surface area contributed by atoms with Gasteiger partial charge >= 0.3 is 11.9 Å². The van der Waals surface area contributed by atoms with Crippen LogP contribution in [-0.2, 0) is 0 Å². The molecule has 7 nitrogen and oxygen atoms in total. The van der Waals surface area contributed by atoms with Crippen molar-refractivity contribution >= 4 is 23.3 Å². The highest BCUT2D eigenvalue weighted by molar-refractivity contribution is 6.09. The van der Waals surface area contributed by atoms with Gasteiger partial charge in [0.25, 0.3) is 0 Å². The van der Waals surface area contributed by atoms with E-state index in [1.54, 1.807) is 31.1 Å². The van der Waals surface area contributed by atoms with Crippen molar-refractivity contribution in [3.05, 3.63) is 23.3 Å². The molecule has 0 bridgehead atoms. The lowest BCUT2D eigenvalue weighted by Gasteiger charge is -2.33. The van der Waals surface area contributed by atoms with E-state index in [2.05, 4.69) is 0 Å². The van der Waals surface area contributed by atoms with Crippen LogP contribution in [-0.4, -0.2) is 60.5 Å². The maximum absolute atomic E-state index is 11.7. The molecule has 22 heavy (non-hydrogen) atoms. The van der Waals surface area contributed by atoms with Gasteiger partial charge in [0.05, 0.1) is 28.6 Å². The molecule has 7 heteroatoms. The molecule has 1 aromatic carbocycles. The first-order valence-corrected chi connectivity index (χ1v) is 7.06. The molecule has 120 valence electrons. The number of aliphatic hydroxyl groups is 1. The third-order valence-corrected chi connectivity index (χ3v) is 3.88. The summed E-state index contributed by atoms with van der Waals surface area (Å²) in [4.78, 5) is 26.7. The van der Waals surface area contributed by atoms with Gasteiger partial charge in [0, 0.05) is 27.2 Å². The van der Waals surface area contributed by atoms with Crippen LogP contribution in [0, 0.1) is 0 Å². The Hall–Kier alpha value is -2.28. The number of carbonyl (C=O) groups is 2. The number of aliphatic hydroxyl groups excluding tert-OH is 1. The molecule has 3 N–H and O–H groups in total. The monoisotopic (exact) mass is 308 g/mol. The summed E-state index contributed by atoms with van der Waals surface area (Å²) in [6.45, 7) is 1.00. The number of anilines is 2. The molecule has 1 heterocycles. The van der Waals surface area contributed by atoms with Gasteiger partial charge in [-0.2, -0.15) is 0 Å². The molecule has 1 aromatic rings. The van der Waals surface area contributed by atoms with Gasteiger partial charge in [-0.15, -0.1) is 0 Å². The maximum Gasteiger partial charge on any atom is 0.338 e. The molecule has 0 saturated carbocycles. The highest BCUT2D eigenvalue weighted by Crippen LogP contribution is 2.33. The van der Waals surface area contributed by atoms with Gasteiger partial charge in [0.1, 0.15) is 0 Å². The summed E-state index contributed by atoms with van der Waals surface area (Å²) in [6, 6.07) is 3.26. The number of piperidine rings is 1. The second kappa shape index (κ2) is 6.23. The Morgan fingerprint density at radius 3 is 2.09 bits per heavy atom. The number of nitrogens with zero attached hydrogens (tertiary/aromatic N) is 2. The Morgan fingerprint density at radius 1 is 1.09 bits per heavy atom. The average molecular weight is 308 g/mol. The van der Waals surface area contributed by atoms with Gasteiger partial charge in [-0.3, -0.25) is 0 Å². The summed E-state index contributed by atoms with van der Waals surface area (Å²) in [7, 11) is 3.34. The zero-order valence-corrected chi connectivity index (χ0v) is 12.6. The summed E-state index contributed by atoms with van der Waals surface area (Å²) in [5, 5.41) is 28.6. The van der Waals surface area contributed by atoms with Crippen molar-refractivity contribution in [1.82, 2.24) is 0 Å². The molecule has 0 aromatic heterocycles. The van der Waals surface area contributed by atoms with E-state index in [1.807, 2.05) is 4.90 Å². The molecule has 0 atom stereocenters. The first kappa shape index (κ1) is 16.1. The van der Waals surface area contributed by atoms with Crippen LogP contribution in [0.25, 0.3) is 0 Å². The average Bonchev–Trinajstić information content (AvgIpc) is 2.46. The van der Waals surface area contributed by atoms with Gasteiger partial charge in [0.15, 0.2) is 0 Å². The minimum absolute atomic E-state index is 0.199. The van der Waals surface area contributed by atoms with Crippen LogP contribution >= 0.6 is 0 Å². The van der Waals surface area contributed by atoms with E-state index in [4.69, 9.17) is 0 Å². The Bertz CT molecular complexity index is 592. The number of rotatable bonds is 4. The standard InChI is InChI=1S/C15H20N2O5/c1-16(2)10-3-4-11(17-7-5-9(18)6-8-17)13(15(21)22)12(10)14(19)20/h3-4,9,18H,5-8H2,1-2H3,(H,19,20)(H,21,22). The number of carboxylic acids is 2. The number of hydrogen-bond acceptors (Lipinski definition) is 5. The van der Waals surface area contributed by atoms with Gasteiger partial charge in [0.2, 0.25) is 0 Å². The van der Waals surface area contributed by atoms with Crippen molar-refractivity contribution in [2.24, 2.45) is 0 Å². The molecule has 0 radical (unpaired) electrons. The molecule has 0 aliphatic carbocycles. The van der Waals surface area contributed by atoms with Crippen LogP contribution in [0.4, 0.5) is 11.4 Å². The molecule has 2 rings (SSSR count). The lowest BCUT2D eigenvalue weighted by molar-refractivity contribution is 0.0652. The van der Waals surface area contributed by atoms with Gasteiger partial charge in [-0.1, -0.05) is 0 Å². The first-order chi connectivity index (χ1) is 10.3. The fourth-order valence-corrected chi connectivity index (χ4v) is 2.76. The van der Waals surface area contributed by atoms with E-state index in [-0.39, 0.29) is 17.2 Å². The van der Waals surface area contributed by atoms with Crippen LogP contribution in [0.3, 0.4) is 0 Å². The number of carboxylic acid groups (broad SMARTS) is 2. The predicted octanol–water partition coefficient (Wildman–Crippen LogP) is 1.11. The van der Waals surface area contributed by atoms with Crippen molar-refractivity contribution in [1.29, 1.82) is 0 Å². The lowest BCUT2D eigenvalue weighted by atomic mass is 9.99. The Balaban J connectivity index is 2.57. The Labute approximate surface area is 128 Å². The fourth-order valence-electron chi connectivity index (χ4n) is 2.76. The molecular formula is C15H20N2O5. The summed E-state index contributed by atoms with van der Waals surface area (Å²) in [6.07, 6.45) is 0.692. The molecule has 1 aliphatic heterocycles. The zero-order valence-electron chi connectivity index (χ0n) is 12.6. The van der Waals surface area contributed by atoms with Crippen LogP contribution in [0.5, 0.6) is 0 Å². The Morgan fingerprint density at radius 2 is 1.64 bits per heavy atom. The molecular weight excluding hydrogens is 288 g/mol. The predicted molar refractivity (Wildman–Crippen MR) is 82.1 cm³/mol. The van der Waals surface area contributed by atoms with Crippen LogP contribution in [0.2, 0.25) is 0 Å². The minimum atomic E-state index is -1.26. The molecule has 1 fully saturated rings. The summed E-state index contributed by atoms with van der Waals surface area (Å²) < 4.78 is 0. The quantitative estimate of drug-likeness (QED) is 0.766. The van der Waals surface area contributed by atoms with E-state index in [0.717, 1.165) is 0 Å². The summed E-state index contributed by atoms with van der Waals surface area (Å²) in [5.74, 6) is -2.53. The van der Waals surface area contributed by atoms with E-state index < -0.39 is 11.9 Å². The number of benzene rings is 1. The van der Waals surface area contributed by atoms with Crippen LogP contribution < -0.4 is 9.80 Å². The zero-order chi connectivity index (χ0) is 16.4. The minimum Gasteiger partial charge on any atom is -0.478 e. The highest BCUT2D eigenvalue weighted by Gasteiger charge is 2.28. The molecule has 0 spiro atoms. The van der Waals surface area contributed by atoms with Gasteiger partial charge < -0.3 is 25.1 Å². The Kier molecular flexibility index (Phi) is 4.56. The highest BCUT2D eigenvalue weighted by atomic mass is 16.4. The molecule has 0 amide bonds. The summed E-state index contributed by atoms with van der Waals surface area (Å²) in [5.41, 5.74) is 0.337. The second-order valence-corrected chi connectivity index (χ2v) is 5.58. The number of aromatic carboxylic acids is 2. The smallest absolute Gasteiger partial charge is 0.338 e. The third-order valence-electron chi connectivity index (χ3n) is 3.88. The lowest BCUT2D eigenvalue weighted by Crippen LogP contribution is -2.37. The fraction of sp³-hybridized carbons (Fsp3) is 0.467. The van der Waals surface area contributed by atoms with Crippen molar-refractivity contribution in [2.45, 2.75) is 18.9 Å². The van der Waals surface area contributed by atoms with Gasteiger partial charge in [-0.25, -0.2) is 9.59 Å². The first-order valence-electron chi connectivity index (χ1n) is 7.06. The van der Waals surface area contributed by atoms with Crippen LogP contribution in [0.1, 0.15) is 33.6 Å². The largest absolute Gasteiger partial charge is 0.478 e. The molecule has 1 aliphatic rings. The van der Waals surface area contributed by atoms with E-state index in [9.17, 15) is 24.9 Å². The maximum atomic E-state index is 11.7. The number of hydrogen-bond donors (Lipinski definition) is 3. The normalized spacial score (nSPS) is 15.7. The van der Waals surface area contributed by atoms with Gasteiger partial charge in [-0.05, 0) is 25.0 Å². The van der Waals surface area contributed by atoms with E-state index in [0.29, 0.717) is 37.3 Å². The van der Waals surface area contributed by atoms with E-state index in [1.165, 1.54) is 0 Å². The van der Waals surface area contributed by atoms with Crippen molar-refractivity contribution < 1.29 is 24.9 Å². The van der Waals surface area contributed by atoms with Crippen molar-refractivity contribution in [3.8, 4) is 0 Å². The van der Waals surface area contributed by atoms with E-state index >= 15 is 0 Å². The SMILES string of the molecule is CN(C)c1ccc(N2CCC(O)CC2)c(C(=O)O)c1C(=O)O. The second-order valence-electron chi connectivity index (χ2n) is 5.58. The van der Waals surface area contributed by atoms with Crippen LogP contribution in [0.15, 0.2) is 12.1 Å². The van der Waals surface area contributed by atoms with Crippen molar-refractivity contribution in [2.75, 3.05) is 37.0 Å². The summed E-state index contributed by atoms with van der Waals surface area (Å²) >= 11 is 0. The molecule has 0 unspecified atom stereocenters. The van der Waals surface area contributed by atoms with Crippen molar-refractivity contribution in [3.63, 3.8) is 0 Å². The topological polar surface area (TPSA) is 101 Å².